The van der Waals surface area contributed by atoms with Gasteiger partial charge in [-0.1, -0.05) is 12.1 Å². The lowest BCUT2D eigenvalue weighted by Gasteiger charge is -2.03. The summed E-state index contributed by atoms with van der Waals surface area (Å²) in [6, 6.07) is 7.93. The van der Waals surface area contributed by atoms with Gasteiger partial charge in [-0.2, -0.15) is 0 Å². The molecular weight excluding hydrogens is 216 g/mol. The van der Waals surface area contributed by atoms with Crippen LogP contribution in [0.1, 0.15) is 11.1 Å². The molecule has 0 saturated carbocycles. The Labute approximate surface area is 99.3 Å². The van der Waals surface area contributed by atoms with E-state index in [9.17, 15) is 4.79 Å². The third-order valence-electron chi connectivity index (χ3n) is 2.78. The van der Waals surface area contributed by atoms with E-state index in [1.54, 1.807) is 0 Å². The third-order valence-corrected chi connectivity index (χ3v) is 2.78. The number of aromatic nitrogens is 1. The molecule has 1 aromatic heterocycles. The predicted octanol–water partition coefficient (Wildman–Crippen LogP) is -0.108. The van der Waals surface area contributed by atoms with Crippen LogP contribution in [0.2, 0.25) is 0 Å². The highest BCUT2D eigenvalue weighted by molar-refractivity contribution is 5.79. The van der Waals surface area contributed by atoms with Crippen LogP contribution < -0.4 is 10.9 Å². The van der Waals surface area contributed by atoms with Gasteiger partial charge in [0.05, 0.1) is 18.7 Å². The summed E-state index contributed by atoms with van der Waals surface area (Å²) < 4.78 is 0. The third kappa shape index (κ3) is 2.72. The fourth-order valence-corrected chi connectivity index (χ4v) is 1.86. The summed E-state index contributed by atoms with van der Waals surface area (Å²) in [4.78, 5) is 14.7. The summed E-state index contributed by atoms with van der Waals surface area (Å²) in [6.07, 6.45) is 0. The number of aliphatic hydroxyl groups is 1. The van der Waals surface area contributed by atoms with Crippen LogP contribution >= 0.6 is 0 Å². The van der Waals surface area contributed by atoms with Gasteiger partial charge >= 0.3 is 0 Å². The van der Waals surface area contributed by atoms with Crippen molar-refractivity contribution in [1.82, 2.24) is 4.98 Å². The van der Waals surface area contributed by atoms with E-state index in [2.05, 4.69) is 4.98 Å². The van der Waals surface area contributed by atoms with E-state index in [1.807, 2.05) is 36.5 Å². The van der Waals surface area contributed by atoms with Crippen molar-refractivity contribution in [1.29, 1.82) is 0 Å². The van der Waals surface area contributed by atoms with E-state index in [0.717, 1.165) is 22.0 Å². The molecular formula is C13H17N2O2+. The zero-order valence-electron chi connectivity index (χ0n) is 9.86. The summed E-state index contributed by atoms with van der Waals surface area (Å²) >= 11 is 0. The van der Waals surface area contributed by atoms with E-state index >= 15 is 0 Å². The molecule has 0 aliphatic heterocycles. The first-order chi connectivity index (χ1) is 8.20. The number of quaternary nitrogens is 1. The van der Waals surface area contributed by atoms with E-state index in [4.69, 9.17) is 5.11 Å². The second-order valence-corrected chi connectivity index (χ2v) is 4.22. The van der Waals surface area contributed by atoms with Crippen LogP contribution in [0.15, 0.2) is 29.1 Å². The van der Waals surface area contributed by atoms with Crippen molar-refractivity contribution in [2.24, 2.45) is 0 Å². The summed E-state index contributed by atoms with van der Waals surface area (Å²) in [5, 5.41) is 11.7. The maximum atomic E-state index is 11.8. The number of aryl methyl sites for hydroxylation is 1. The maximum Gasteiger partial charge on any atom is 0.257 e. The Morgan fingerprint density at radius 1 is 1.35 bits per heavy atom. The van der Waals surface area contributed by atoms with Crippen LogP contribution in [0, 0.1) is 6.92 Å². The predicted molar refractivity (Wildman–Crippen MR) is 66.9 cm³/mol. The van der Waals surface area contributed by atoms with Crippen LogP contribution in [0.3, 0.4) is 0 Å². The molecule has 4 heteroatoms. The summed E-state index contributed by atoms with van der Waals surface area (Å²) in [6.45, 7) is 3.34. The fourth-order valence-electron chi connectivity index (χ4n) is 1.86. The lowest BCUT2D eigenvalue weighted by molar-refractivity contribution is -0.671. The minimum absolute atomic E-state index is 0.0442. The minimum Gasteiger partial charge on any atom is -0.391 e. The molecule has 17 heavy (non-hydrogen) atoms. The molecule has 0 atom stereocenters. The summed E-state index contributed by atoms with van der Waals surface area (Å²) in [7, 11) is 0. The SMILES string of the molecule is Cc1ccc2cc(C[NH2+]CCO)c(=O)[nH]c2c1. The molecule has 1 aromatic carbocycles. The lowest BCUT2D eigenvalue weighted by atomic mass is 10.1. The van der Waals surface area contributed by atoms with Crippen LogP contribution in [-0.4, -0.2) is 23.2 Å². The largest absolute Gasteiger partial charge is 0.391 e. The molecule has 2 rings (SSSR count). The fraction of sp³-hybridized carbons (Fsp3) is 0.308. The molecule has 0 amide bonds. The second kappa shape index (κ2) is 5.12. The molecule has 0 spiro atoms. The van der Waals surface area contributed by atoms with Gasteiger partial charge in [0.25, 0.3) is 5.56 Å². The van der Waals surface area contributed by atoms with Crippen LogP contribution in [-0.2, 0) is 6.54 Å². The molecule has 4 N–H and O–H groups in total. The van der Waals surface area contributed by atoms with Gasteiger partial charge in [0, 0.05) is 5.52 Å². The van der Waals surface area contributed by atoms with E-state index in [0.29, 0.717) is 13.1 Å². The number of fused-ring (bicyclic) bond motifs is 1. The Morgan fingerprint density at radius 3 is 2.94 bits per heavy atom. The Bertz CT molecular complexity index is 575. The number of nitrogens with two attached hydrogens (primary N) is 1. The topological polar surface area (TPSA) is 69.7 Å². The van der Waals surface area contributed by atoms with E-state index in [-0.39, 0.29) is 12.2 Å². The molecule has 1 heterocycles. The molecule has 2 aromatic rings. The van der Waals surface area contributed by atoms with Crippen molar-refractivity contribution < 1.29 is 10.4 Å². The average Bonchev–Trinajstić information content (AvgIpc) is 2.30. The van der Waals surface area contributed by atoms with E-state index in [1.165, 1.54) is 0 Å². The first-order valence-corrected chi connectivity index (χ1v) is 5.76. The number of hydrogen-bond acceptors (Lipinski definition) is 2. The van der Waals surface area contributed by atoms with Crippen molar-refractivity contribution in [3.63, 3.8) is 0 Å². The zero-order valence-corrected chi connectivity index (χ0v) is 9.86. The van der Waals surface area contributed by atoms with Crippen molar-refractivity contribution >= 4 is 10.9 Å². The van der Waals surface area contributed by atoms with Gasteiger partial charge in [0.2, 0.25) is 0 Å². The van der Waals surface area contributed by atoms with Crippen molar-refractivity contribution in [2.75, 3.05) is 13.2 Å². The number of H-pyrrole nitrogens is 1. The quantitative estimate of drug-likeness (QED) is 0.645. The highest BCUT2D eigenvalue weighted by Crippen LogP contribution is 2.12. The number of benzene rings is 1. The number of aromatic amines is 1. The van der Waals surface area contributed by atoms with Gasteiger partial charge in [-0.3, -0.25) is 4.79 Å². The minimum atomic E-state index is -0.0442. The van der Waals surface area contributed by atoms with Crippen molar-refractivity contribution in [3.8, 4) is 0 Å². The van der Waals surface area contributed by atoms with Crippen LogP contribution in [0.5, 0.6) is 0 Å². The molecule has 0 fully saturated rings. The van der Waals surface area contributed by atoms with Gasteiger partial charge in [0.1, 0.15) is 6.54 Å². The smallest absolute Gasteiger partial charge is 0.257 e. The second-order valence-electron chi connectivity index (χ2n) is 4.22. The Morgan fingerprint density at radius 2 is 2.18 bits per heavy atom. The van der Waals surface area contributed by atoms with Crippen molar-refractivity contribution in [2.45, 2.75) is 13.5 Å². The molecule has 0 aliphatic rings. The van der Waals surface area contributed by atoms with Gasteiger partial charge in [-0.05, 0) is 30.0 Å². The average molecular weight is 233 g/mol. The number of pyridine rings is 1. The Kier molecular flexibility index (Phi) is 3.56. The number of rotatable bonds is 4. The Hall–Kier alpha value is -1.65. The monoisotopic (exact) mass is 233 g/mol. The standard InChI is InChI=1S/C13H16N2O2/c1-9-2-3-10-7-11(8-14-4-5-16)13(17)15-12(10)6-9/h2-3,6-7,14,16H,4-5,8H2,1H3,(H,15,17)/p+1. The molecule has 4 nitrogen and oxygen atoms in total. The van der Waals surface area contributed by atoms with Gasteiger partial charge in [-0.25, -0.2) is 0 Å². The van der Waals surface area contributed by atoms with Gasteiger partial charge < -0.3 is 15.4 Å². The lowest BCUT2D eigenvalue weighted by Crippen LogP contribution is -2.83. The molecule has 0 saturated heterocycles. The number of aliphatic hydroxyl groups excluding tert-OH is 1. The summed E-state index contributed by atoms with van der Waals surface area (Å²) in [5.41, 5.74) is 2.71. The first kappa shape index (κ1) is 11.8. The number of hydrogen-bond donors (Lipinski definition) is 3. The molecule has 0 unspecified atom stereocenters. The normalized spacial score (nSPS) is 10.9. The highest BCUT2D eigenvalue weighted by Gasteiger charge is 2.04. The summed E-state index contributed by atoms with van der Waals surface area (Å²) in [5.74, 6) is 0. The highest BCUT2D eigenvalue weighted by atomic mass is 16.3. The molecule has 0 aliphatic carbocycles. The molecule has 0 bridgehead atoms. The zero-order chi connectivity index (χ0) is 12.3. The first-order valence-electron chi connectivity index (χ1n) is 5.76. The van der Waals surface area contributed by atoms with Crippen molar-refractivity contribution in [3.05, 3.63) is 45.7 Å². The maximum absolute atomic E-state index is 11.8. The molecule has 90 valence electrons. The van der Waals surface area contributed by atoms with E-state index < -0.39 is 0 Å². The molecule has 0 radical (unpaired) electrons. The van der Waals surface area contributed by atoms with Crippen LogP contribution in [0.25, 0.3) is 10.9 Å². The Balaban J connectivity index is 2.35. The van der Waals surface area contributed by atoms with Gasteiger partial charge in [0.15, 0.2) is 0 Å². The van der Waals surface area contributed by atoms with Gasteiger partial charge in [-0.15, -0.1) is 0 Å². The number of nitrogens with one attached hydrogen (secondary N) is 1. The van der Waals surface area contributed by atoms with Crippen LogP contribution in [0.4, 0.5) is 0 Å².